The maximum atomic E-state index is 12.3. The fourth-order valence-corrected chi connectivity index (χ4v) is 3.38. The molecule has 2 aliphatic rings. The number of amides is 3. The summed E-state index contributed by atoms with van der Waals surface area (Å²) in [5.41, 5.74) is 1.21. The van der Waals surface area contributed by atoms with Gasteiger partial charge in [-0.25, -0.2) is 4.79 Å². The molecule has 2 fully saturated rings. The van der Waals surface area contributed by atoms with Gasteiger partial charge in [0.15, 0.2) is 0 Å². The van der Waals surface area contributed by atoms with Crippen molar-refractivity contribution in [2.45, 2.75) is 18.9 Å². The number of rotatable bonds is 8. The van der Waals surface area contributed by atoms with Crippen LogP contribution in [0.15, 0.2) is 30.3 Å². The molecule has 3 amide bonds. The highest BCUT2D eigenvalue weighted by atomic mass is 16.6. The lowest BCUT2D eigenvalue weighted by molar-refractivity contribution is -0.133. The molecule has 8 heteroatoms. The first-order valence-electron chi connectivity index (χ1n) is 9.37. The number of carbonyl (C=O) groups is 3. The van der Waals surface area contributed by atoms with Gasteiger partial charge >= 0.3 is 6.09 Å². The Bertz CT molecular complexity index is 667. The number of piperazine rings is 1. The Labute approximate surface area is 158 Å². The second-order valence-electron chi connectivity index (χ2n) is 6.73. The third-order valence-electron chi connectivity index (χ3n) is 4.90. The first-order valence-corrected chi connectivity index (χ1v) is 9.37. The third kappa shape index (κ3) is 5.43. The molecule has 146 valence electrons. The fourth-order valence-electron chi connectivity index (χ4n) is 3.38. The van der Waals surface area contributed by atoms with Gasteiger partial charge < -0.3 is 20.3 Å². The van der Waals surface area contributed by atoms with E-state index in [0.717, 1.165) is 19.5 Å². The number of nitrogens with zero attached hydrogens (tertiary/aromatic N) is 2. The van der Waals surface area contributed by atoms with Gasteiger partial charge in [0.1, 0.15) is 6.61 Å². The molecule has 2 aliphatic heterocycles. The summed E-state index contributed by atoms with van der Waals surface area (Å²) in [6.07, 6.45) is 0.608. The molecule has 0 saturated carbocycles. The molecule has 8 nitrogen and oxygen atoms in total. The summed E-state index contributed by atoms with van der Waals surface area (Å²) in [6.45, 7) is 3.78. The molecule has 2 N–H and O–H groups in total. The van der Waals surface area contributed by atoms with Gasteiger partial charge in [0.25, 0.3) is 0 Å². The summed E-state index contributed by atoms with van der Waals surface area (Å²) in [6, 6.07) is 9.65. The molecule has 27 heavy (non-hydrogen) atoms. The predicted octanol–water partition coefficient (Wildman–Crippen LogP) is -0.0120. The third-order valence-corrected chi connectivity index (χ3v) is 4.90. The van der Waals surface area contributed by atoms with Crippen molar-refractivity contribution in [1.29, 1.82) is 0 Å². The monoisotopic (exact) mass is 374 g/mol. The standard InChI is InChI=1S/C19H26N4O4/c24-17(20-7-11-23-12-13-27-19(23)26)14-16-18(25)21-8-10-22(16)9-6-15-4-2-1-3-5-15/h1-5,16H,6-14H2,(H,20,24)(H,21,25)/t16-/m1/s1. The van der Waals surface area contributed by atoms with Crippen LogP contribution in [0, 0.1) is 0 Å². The minimum atomic E-state index is -0.459. The molecule has 1 aromatic rings. The van der Waals surface area contributed by atoms with Crippen LogP contribution in [-0.2, 0) is 20.7 Å². The largest absolute Gasteiger partial charge is 0.448 e. The summed E-state index contributed by atoms with van der Waals surface area (Å²) in [4.78, 5) is 39.6. The second-order valence-corrected chi connectivity index (χ2v) is 6.73. The van der Waals surface area contributed by atoms with E-state index in [4.69, 9.17) is 4.74 Å². The Kier molecular flexibility index (Phi) is 6.64. The van der Waals surface area contributed by atoms with Gasteiger partial charge in [-0.1, -0.05) is 30.3 Å². The van der Waals surface area contributed by atoms with Crippen LogP contribution in [0.2, 0.25) is 0 Å². The smallest absolute Gasteiger partial charge is 0.409 e. The minimum absolute atomic E-state index is 0.104. The summed E-state index contributed by atoms with van der Waals surface area (Å²) >= 11 is 0. The van der Waals surface area contributed by atoms with E-state index < -0.39 is 6.04 Å². The molecule has 3 rings (SSSR count). The lowest BCUT2D eigenvalue weighted by Gasteiger charge is -2.34. The summed E-state index contributed by atoms with van der Waals surface area (Å²) in [5.74, 6) is -0.290. The van der Waals surface area contributed by atoms with Gasteiger partial charge in [-0.05, 0) is 12.0 Å². The van der Waals surface area contributed by atoms with E-state index in [0.29, 0.717) is 32.8 Å². The number of ether oxygens (including phenoxy) is 1. The van der Waals surface area contributed by atoms with Gasteiger partial charge in [-0.2, -0.15) is 0 Å². The zero-order chi connectivity index (χ0) is 19.1. The highest BCUT2D eigenvalue weighted by Crippen LogP contribution is 2.11. The van der Waals surface area contributed by atoms with Gasteiger partial charge in [0.05, 0.1) is 19.0 Å². The van der Waals surface area contributed by atoms with Crippen LogP contribution in [0.4, 0.5) is 4.79 Å². The van der Waals surface area contributed by atoms with Crippen LogP contribution in [0.3, 0.4) is 0 Å². The van der Waals surface area contributed by atoms with Crippen LogP contribution >= 0.6 is 0 Å². The molecule has 0 radical (unpaired) electrons. The van der Waals surface area contributed by atoms with Crippen molar-refractivity contribution in [1.82, 2.24) is 20.4 Å². The molecule has 0 aromatic heterocycles. The maximum absolute atomic E-state index is 12.3. The Morgan fingerprint density at radius 1 is 1.19 bits per heavy atom. The molecule has 0 bridgehead atoms. The molecule has 1 aromatic carbocycles. The van der Waals surface area contributed by atoms with Crippen molar-refractivity contribution in [2.75, 3.05) is 45.9 Å². The zero-order valence-corrected chi connectivity index (χ0v) is 15.4. The van der Waals surface area contributed by atoms with Crippen LogP contribution < -0.4 is 10.6 Å². The number of hydrogen-bond acceptors (Lipinski definition) is 5. The average Bonchev–Trinajstić information content (AvgIpc) is 3.08. The summed E-state index contributed by atoms with van der Waals surface area (Å²) < 4.78 is 4.85. The van der Waals surface area contributed by atoms with E-state index in [1.54, 1.807) is 4.90 Å². The van der Waals surface area contributed by atoms with E-state index in [1.807, 2.05) is 18.2 Å². The number of cyclic esters (lactones) is 1. The van der Waals surface area contributed by atoms with Crippen molar-refractivity contribution in [3.8, 4) is 0 Å². The molecule has 0 aliphatic carbocycles. The van der Waals surface area contributed by atoms with Crippen molar-refractivity contribution >= 4 is 17.9 Å². The highest BCUT2D eigenvalue weighted by Gasteiger charge is 2.31. The summed E-state index contributed by atoms with van der Waals surface area (Å²) in [5, 5.41) is 5.64. The van der Waals surface area contributed by atoms with Crippen LogP contribution in [0.25, 0.3) is 0 Å². The predicted molar refractivity (Wildman–Crippen MR) is 99.1 cm³/mol. The lowest BCUT2D eigenvalue weighted by Crippen LogP contribution is -2.57. The molecule has 0 spiro atoms. The maximum Gasteiger partial charge on any atom is 0.409 e. The molecule has 1 atom stereocenters. The fraction of sp³-hybridized carbons (Fsp3) is 0.526. The summed E-state index contributed by atoms with van der Waals surface area (Å²) in [7, 11) is 0. The average molecular weight is 374 g/mol. The minimum Gasteiger partial charge on any atom is -0.448 e. The van der Waals surface area contributed by atoms with E-state index in [2.05, 4.69) is 27.7 Å². The first-order chi connectivity index (χ1) is 13.1. The van der Waals surface area contributed by atoms with Crippen molar-refractivity contribution in [3.63, 3.8) is 0 Å². The second kappa shape index (κ2) is 9.36. The normalized spacial score (nSPS) is 20.3. The van der Waals surface area contributed by atoms with Gasteiger partial charge in [0.2, 0.25) is 11.8 Å². The molecule has 2 saturated heterocycles. The van der Waals surface area contributed by atoms with Crippen molar-refractivity contribution in [2.24, 2.45) is 0 Å². The van der Waals surface area contributed by atoms with Crippen LogP contribution in [0.5, 0.6) is 0 Å². The van der Waals surface area contributed by atoms with Gasteiger partial charge in [-0.3, -0.25) is 14.5 Å². The van der Waals surface area contributed by atoms with Crippen LogP contribution in [-0.4, -0.2) is 79.6 Å². The molecular weight excluding hydrogens is 348 g/mol. The quantitative estimate of drug-likeness (QED) is 0.668. The molecular formula is C19H26N4O4. The zero-order valence-electron chi connectivity index (χ0n) is 15.4. The van der Waals surface area contributed by atoms with E-state index in [-0.39, 0.29) is 24.3 Å². The topological polar surface area (TPSA) is 91.0 Å². The molecule has 0 unspecified atom stereocenters. The Morgan fingerprint density at radius 3 is 2.74 bits per heavy atom. The Hall–Kier alpha value is -2.61. The number of nitrogens with one attached hydrogen (secondary N) is 2. The number of benzene rings is 1. The SMILES string of the molecule is O=C(C[C@@H]1C(=O)NCCN1CCc1ccccc1)NCCN1CCOC1=O. The number of carbonyl (C=O) groups excluding carboxylic acids is 3. The molecule has 2 heterocycles. The van der Waals surface area contributed by atoms with Gasteiger partial charge in [-0.15, -0.1) is 0 Å². The highest BCUT2D eigenvalue weighted by molar-refractivity contribution is 5.88. The van der Waals surface area contributed by atoms with Gasteiger partial charge in [0, 0.05) is 32.7 Å². The Balaban J connectivity index is 1.46. The van der Waals surface area contributed by atoms with E-state index >= 15 is 0 Å². The van der Waals surface area contributed by atoms with E-state index in [1.165, 1.54) is 5.56 Å². The lowest BCUT2D eigenvalue weighted by atomic mass is 10.1. The first kappa shape index (κ1) is 19.2. The Morgan fingerprint density at radius 2 is 2.00 bits per heavy atom. The number of hydrogen-bond donors (Lipinski definition) is 2. The van der Waals surface area contributed by atoms with Crippen LogP contribution in [0.1, 0.15) is 12.0 Å². The van der Waals surface area contributed by atoms with Crippen molar-refractivity contribution < 1.29 is 19.1 Å². The van der Waals surface area contributed by atoms with E-state index in [9.17, 15) is 14.4 Å². The van der Waals surface area contributed by atoms with Crippen molar-refractivity contribution in [3.05, 3.63) is 35.9 Å².